The summed E-state index contributed by atoms with van der Waals surface area (Å²) in [7, 11) is 0. The Kier molecular flexibility index (Phi) is 3.05. The first-order valence-corrected chi connectivity index (χ1v) is 8.92. The number of amides is 1. The minimum Gasteiger partial charge on any atom is -0.342 e. The summed E-state index contributed by atoms with van der Waals surface area (Å²) in [6.45, 7) is 1.65. The number of hydrogen-bond acceptors (Lipinski definition) is 4. The number of hydrogen-bond donors (Lipinski definition) is 0. The maximum Gasteiger partial charge on any atom is 0.237 e. The van der Waals surface area contributed by atoms with Crippen molar-refractivity contribution < 1.29 is 9.32 Å². The monoisotopic (exact) mass is 323 g/mol. The highest BCUT2D eigenvalue weighted by Gasteiger charge is 2.51. The van der Waals surface area contributed by atoms with Gasteiger partial charge in [-0.25, -0.2) is 0 Å². The summed E-state index contributed by atoms with van der Waals surface area (Å²) in [5, 5.41) is 4.23. The predicted molar refractivity (Wildman–Crippen MR) is 87.4 cm³/mol. The first-order chi connectivity index (χ1) is 11.7. The van der Waals surface area contributed by atoms with Gasteiger partial charge in [-0.15, -0.1) is 0 Å². The Labute approximate surface area is 141 Å². The fourth-order valence-electron chi connectivity index (χ4n) is 3.84. The maximum atomic E-state index is 12.2. The highest BCUT2D eigenvalue weighted by atomic mass is 16.5. The number of nitrogens with zero attached hydrogens (tertiary/aromatic N) is 3. The molecule has 3 aliphatic rings. The van der Waals surface area contributed by atoms with E-state index in [0.717, 1.165) is 37.7 Å². The fourth-order valence-corrected chi connectivity index (χ4v) is 3.84. The van der Waals surface area contributed by atoms with E-state index in [1.807, 2.05) is 11.0 Å². The Morgan fingerprint density at radius 3 is 2.71 bits per heavy atom. The van der Waals surface area contributed by atoms with Gasteiger partial charge in [-0.1, -0.05) is 35.5 Å². The lowest BCUT2D eigenvalue weighted by Crippen LogP contribution is -2.27. The SMILES string of the molecule is O=C1CC(c2noc(C3(c4ccccc4)CC3)n2)CN1CC1CC1. The molecule has 1 unspecified atom stereocenters. The number of likely N-dealkylation sites (tertiary alicyclic amines) is 1. The summed E-state index contributed by atoms with van der Waals surface area (Å²) in [5.74, 6) is 2.47. The Morgan fingerprint density at radius 2 is 2.00 bits per heavy atom. The first kappa shape index (κ1) is 14.2. The summed E-state index contributed by atoms with van der Waals surface area (Å²) in [4.78, 5) is 18.9. The zero-order valence-electron chi connectivity index (χ0n) is 13.6. The van der Waals surface area contributed by atoms with Crippen molar-refractivity contribution in [2.24, 2.45) is 5.92 Å². The van der Waals surface area contributed by atoms with Crippen molar-refractivity contribution in [3.63, 3.8) is 0 Å². The third kappa shape index (κ3) is 2.34. The second-order valence-electron chi connectivity index (χ2n) is 7.55. The van der Waals surface area contributed by atoms with Crippen LogP contribution in [0.2, 0.25) is 0 Å². The number of carbonyl (C=O) groups excluding carboxylic acids is 1. The molecular formula is C19H21N3O2. The van der Waals surface area contributed by atoms with E-state index in [-0.39, 0.29) is 17.2 Å². The molecule has 0 spiro atoms. The largest absolute Gasteiger partial charge is 0.342 e. The Balaban J connectivity index is 1.35. The molecule has 2 heterocycles. The Morgan fingerprint density at radius 1 is 1.21 bits per heavy atom. The highest BCUT2D eigenvalue weighted by Crippen LogP contribution is 2.53. The van der Waals surface area contributed by atoms with E-state index in [9.17, 15) is 4.79 Å². The van der Waals surface area contributed by atoms with Crippen molar-refractivity contribution in [3.8, 4) is 0 Å². The van der Waals surface area contributed by atoms with Crippen LogP contribution in [-0.4, -0.2) is 34.0 Å². The molecular weight excluding hydrogens is 302 g/mol. The molecule has 5 rings (SSSR count). The van der Waals surface area contributed by atoms with E-state index in [1.165, 1.54) is 18.4 Å². The van der Waals surface area contributed by atoms with Crippen LogP contribution < -0.4 is 0 Å². The van der Waals surface area contributed by atoms with Gasteiger partial charge in [0.1, 0.15) is 0 Å². The average Bonchev–Trinajstić information content (AvgIpc) is 3.51. The van der Waals surface area contributed by atoms with Crippen molar-refractivity contribution in [2.45, 2.75) is 43.4 Å². The van der Waals surface area contributed by atoms with Crippen LogP contribution in [0.1, 0.15) is 55.3 Å². The summed E-state index contributed by atoms with van der Waals surface area (Å²) in [6.07, 6.45) is 5.15. The molecule has 1 aromatic heterocycles. The molecule has 0 N–H and O–H groups in total. The van der Waals surface area contributed by atoms with E-state index in [0.29, 0.717) is 12.2 Å². The second kappa shape index (κ2) is 5.16. The van der Waals surface area contributed by atoms with E-state index >= 15 is 0 Å². The standard InChI is InChI=1S/C19H21N3O2/c23-16-10-14(12-22(16)11-13-6-7-13)17-20-18(24-21-17)19(8-9-19)15-4-2-1-3-5-15/h1-5,13-14H,6-12H2. The summed E-state index contributed by atoms with van der Waals surface area (Å²) in [6, 6.07) is 10.4. The Bertz CT molecular complexity index is 762. The van der Waals surface area contributed by atoms with Gasteiger partial charge in [0.25, 0.3) is 0 Å². The lowest BCUT2D eigenvalue weighted by atomic mass is 9.96. The molecule has 1 amide bonds. The van der Waals surface area contributed by atoms with Gasteiger partial charge in [-0.3, -0.25) is 4.79 Å². The van der Waals surface area contributed by atoms with Gasteiger partial charge in [0.05, 0.1) is 5.41 Å². The first-order valence-electron chi connectivity index (χ1n) is 8.92. The lowest BCUT2D eigenvalue weighted by molar-refractivity contribution is -0.127. The van der Waals surface area contributed by atoms with Crippen molar-refractivity contribution >= 4 is 5.91 Å². The van der Waals surface area contributed by atoms with Gasteiger partial charge in [-0.2, -0.15) is 4.98 Å². The van der Waals surface area contributed by atoms with Crippen molar-refractivity contribution in [1.82, 2.24) is 15.0 Å². The van der Waals surface area contributed by atoms with Crippen LogP contribution in [0, 0.1) is 5.92 Å². The molecule has 1 aromatic carbocycles. The highest BCUT2D eigenvalue weighted by molar-refractivity contribution is 5.79. The van der Waals surface area contributed by atoms with Gasteiger partial charge in [0, 0.05) is 25.4 Å². The van der Waals surface area contributed by atoms with E-state index in [2.05, 4.69) is 29.4 Å². The molecule has 3 fully saturated rings. The summed E-state index contributed by atoms with van der Waals surface area (Å²) < 4.78 is 5.63. The van der Waals surface area contributed by atoms with Crippen molar-refractivity contribution in [2.75, 3.05) is 13.1 Å². The number of aromatic nitrogens is 2. The molecule has 0 bridgehead atoms. The van der Waals surface area contributed by atoms with Crippen LogP contribution in [0.4, 0.5) is 0 Å². The third-order valence-corrected chi connectivity index (χ3v) is 5.68. The molecule has 5 heteroatoms. The molecule has 1 atom stereocenters. The average molecular weight is 323 g/mol. The van der Waals surface area contributed by atoms with Crippen molar-refractivity contribution in [3.05, 3.63) is 47.6 Å². The normalized spacial score (nSPS) is 25.2. The summed E-state index contributed by atoms with van der Waals surface area (Å²) >= 11 is 0. The zero-order valence-corrected chi connectivity index (χ0v) is 13.6. The van der Waals surface area contributed by atoms with Crippen LogP contribution in [0.25, 0.3) is 0 Å². The minimum absolute atomic E-state index is 0.0836. The van der Waals surface area contributed by atoms with Crippen LogP contribution in [0.3, 0.4) is 0 Å². The quantitative estimate of drug-likeness (QED) is 0.849. The molecule has 2 saturated carbocycles. The topological polar surface area (TPSA) is 59.2 Å². The van der Waals surface area contributed by atoms with Crippen molar-refractivity contribution in [1.29, 1.82) is 0 Å². The van der Waals surface area contributed by atoms with Crippen LogP contribution >= 0.6 is 0 Å². The molecule has 2 aliphatic carbocycles. The van der Waals surface area contributed by atoms with Gasteiger partial charge in [0.2, 0.25) is 11.8 Å². The maximum absolute atomic E-state index is 12.2. The smallest absolute Gasteiger partial charge is 0.237 e. The zero-order chi connectivity index (χ0) is 16.1. The van der Waals surface area contributed by atoms with E-state index in [4.69, 9.17) is 9.51 Å². The van der Waals surface area contributed by atoms with Crippen LogP contribution in [0.5, 0.6) is 0 Å². The van der Waals surface area contributed by atoms with Gasteiger partial charge in [0.15, 0.2) is 5.82 Å². The predicted octanol–water partition coefficient (Wildman–Crippen LogP) is 2.88. The van der Waals surface area contributed by atoms with Crippen LogP contribution in [-0.2, 0) is 10.2 Å². The van der Waals surface area contributed by atoms with E-state index in [1.54, 1.807) is 0 Å². The van der Waals surface area contributed by atoms with Crippen LogP contribution in [0.15, 0.2) is 34.9 Å². The molecule has 1 saturated heterocycles. The minimum atomic E-state index is -0.0944. The third-order valence-electron chi connectivity index (χ3n) is 5.68. The Hall–Kier alpha value is -2.17. The van der Waals surface area contributed by atoms with E-state index < -0.39 is 0 Å². The number of benzene rings is 1. The molecule has 2 aromatic rings. The molecule has 24 heavy (non-hydrogen) atoms. The molecule has 1 aliphatic heterocycles. The molecule has 5 nitrogen and oxygen atoms in total. The fraction of sp³-hybridized carbons (Fsp3) is 0.526. The molecule has 0 radical (unpaired) electrons. The van der Waals surface area contributed by atoms with Gasteiger partial charge >= 0.3 is 0 Å². The summed E-state index contributed by atoms with van der Waals surface area (Å²) in [5.41, 5.74) is 1.15. The number of rotatable bonds is 5. The van der Waals surface area contributed by atoms with Gasteiger partial charge < -0.3 is 9.42 Å². The second-order valence-corrected chi connectivity index (χ2v) is 7.55. The van der Waals surface area contributed by atoms with Gasteiger partial charge in [-0.05, 0) is 37.2 Å². The molecule has 124 valence electrons. The lowest BCUT2D eigenvalue weighted by Gasteiger charge is -2.15. The number of carbonyl (C=O) groups is 1.